The number of carboxylic acid groups (broad SMARTS) is 1. The van der Waals surface area contributed by atoms with Gasteiger partial charge in [-0.25, -0.2) is 9.18 Å². The van der Waals surface area contributed by atoms with Crippen LogP contribution in [0.25, 0.3) is 0 Å². The van der Waals surface area contributed by atoms with E-state index in [0.29, 0.717) is 17.7 Å². The van der Waals surface area contributed by atoms with Crippen molar-refractivity contribution in [3.8, 4) is 0 Å². The SMILES string of the molecule is Cc1ccc(NC(=O)N2CCCN(C(=O)c3cccc(F)c3)C2C(=O)NC(CC(=O)O)c2cccc(C)c2)cc1. The number of rotatable bonds is 7. The predicted octanol–water partition coefficient (Wildman–Crippen LogP) is 4.48. The van der Waals surface area contributed by atoms with Crippen molar-refractivity contribution in [2.45, 2.75) is 38.9 Å². The number of benzene rings is 3. The Morgan fingerprint density at radius 1 is 0.925 bits per heavy atom. The van der Waals surface area contributed by atoms with Gasteiger partial charge < -0.3 is 20.6 Å². The third-order valence-electron chi connectivity index (χ3n) is 6.66. The Bertz CT molecular complexity index is 1410. The van der Waals surface area contributed by atoms with Crippen LogP contribution in [-0.2, 0) is 9.59 Å². The fourth-order valence-electron chi connectivity index (χ4n) is 4.71. The summed E-state index contributed by atoms with van der Waals surface area (Å²) in [5.41, 5.74) is 2.99. The van der Waals surface area contributed by atoms with Gasteiger partial charge in [-0.2, -0.15) is 0 Å². The first kappa shape index (κ1) is 28.3. The third kappa shape index (κ3) is 6.82. The molecular weight excluding hydrogens is 515 g/mol. The van der Waals surface area contributed by atoms with E-state index in [9.17, 15) is 28.7 Å². The number of aliphatic carboxylic acids is 1. The topological polar surface area (TPSA) is 119 Å². The summed E-state index contributed by atoms with van der Waals surface area (Å²) < 4.78 is 14.0. The van der Waals surface area contributed by atoms with Gasteiger partial charge in [0.15, 0.2) is 6.17 Å². The first-order valence-electron chi connectivity index (χ1n) is 12.9. The van der Waals surface area contributed by atoms with Crippen molar-refractivity contribution in [3.63, 3.8) is 0 Å². The Balaban J connectivity index is 1.68. The van der Waals surface area contributed by atoms with Crippen molar-refractivity contribution < 1.29 is 28.7 Å². The maximum Gasteiger partial charge on any atom is 0.323 e. The van der Waals surface area contributed by atoms with E-state index in [1.165, 1.54) is 28.0 Å². The molecule has 1 saturated heterocycles. The summed E-state index contributed by atoms with van der Waals surface area (Å²) in [4.78, 5) is 55.0. The highest BCUT2D eigenvalue weighted by atomic mass is 19.1. The number of urea groups is 1. The molecule has 1 aliphatic rings. The average molecular weight is 547 g/mol. The lowest BCUT2D eigenvalue weighted by molar-refractivity contribution is -0.138. The number of nitrogens with one attached hydrogen (secondary N) is 2. The molecule has 2 unspecified atom stereocenters. The molecule has 0 aliphatic carbocycles. The summed E-state index contributed by atoms with van der Waals surface area (Å²) >= 11 is 0. The molecule has 0 saturated carbocycles. The second-order valence-electron chi connectivity index (χ2n) is 9.80. The molecule has 1 aliphatic heterocycles. The summed E-state index contributed by atoms with van der Waals surface area (Å²) in [6, 6.07) is 17.8. The normalized spacial score (nSPS) is 15.7. The van der Waals surface area contributed by atoms with Crippen LogP contribution in [0, 0.1) is 19.7 Å². The van der Waals surface area contributed by atoms with Gasteiger partial charge in [-0.05, 0) is 56.2 Å². The van der Waals surface area contributed by atoms with E-state index in [0.717, 1.165) is 17.2 Å². The van der Waals surface area contributed by atoms with Crippen LogP contribution < -0.4 is 10.6 Å². The van der Waals surface area contributed by atoms with Crippen LogP contribution in [0.1, 0.15) is 45.9 Å². The largest absolute Gasteiger partial charge is 0.481 e. The summed E-state index contributed by atoms with van der Waals surface area (Å²) in [5.74, 6) is -3.09. The van der Waals surface area contributed by atoms with Gasteiger partial charge >= 0.3 is 12.0 Å². The van der Waals surface area contributed by atoms with E-state index < -0.39 is 48.3 Å². The third-order valence-corrected chi connectivity index (χ3v) is 6.66. The molecule has 208 valence electrons. The van der Waals surface area contributed by atoms with Gasteiger partial charge in [-0.1, -0.05) is 53.6 Å². The number of nitrogens with zero attached hydrogens (tertiary/aromatic N) is 2. The second kappa shape index (κ2) is 12.4. The molecule has 1 fully saturated rings. The lowest BCUT2D eigenvalue weighted by Crippen LogP contribution is -2.64. The molecular formula is C30H31FN4O5. The quantitative estimate of drug-likeness (QED) is 0.404. The summed E-state index contributed by atoms with van der Waals surface area (Å²) in [6.07, 6.45) is -1.44. The predicted molar refractivity (Wildman–Crippen MR) is 147 cm³/mol. The molecule has 2 atom stereocenters. The summed E-state index contributed by atoms with van der Waals surface area (Å²) in [5, 5.41) is 15.1. The molecule has 40 heavy (non-hydrogen) atoms. The highest BCUT2D eigenvalue weighted by Gasteiger charge is 2.41. The zero-order valence-electron chi connectivity index (χ0n) is 22.3. The van der Waals surface area contributed by atoms with E-state index >= 15 is 0 Å². The molecule has 10 heteroatoms. The van der Waals surface area contributed by atoms with Gasteiger partial charge in [-0.3, -0.25) is 19.3 Å². The number of hydrogen-bond acceptors (Lipinski definition) is 4. The van der Waals surface area contributed by atoms with Crippen molar-refractivity contribution in [2.24, 2.45) is 0 Å². The second-order valence-corrected chi connectivity index (χ2v) is 9.80. The maximum absolute atomic E-state index is 14.0. The zero-order chi connectivity index (χ0) is 28.8. The van der Waals surface area contributed by atoms with E-state index in [1.54, 1.807) is 30.3 Å². The van der Waals surface area contributed by atoms with Crippen LogP contribution in [0.5, 0.6) is 0 Å². The minimum absolute atomic E-state index is 0.0272. The van der Waals surface area contributed by atoms with E-state index in [1.807, 2.05) is 32.0 Å². The number of anilines is 1. The van der Waals surface area contributed by atoms with Crippen LogP contribution in [0.3, 0.4) is 0 Å². The number of carboxylic acids is 1. The van der Waals surface area contributed by atoms with Crippen LogP contribution in [0.2, 0.25) is 0 Å². The van der Waals surface area contributed by atoms with E-state index in [2.05, 4.69) is 10.6 Å². The van der Waals surface area contributed by atoms with Crippen molar-refractivity contribution in [1.29, 1.82) is 0 Å². The van der Waals surface area contributed by atoms with Crippen molar-refractivity contribution in [2.75, 3.05) is 18.4 Å². The number of hydrogen-bond donors (Lipinski definition) is 3. The number of carbonyl (C=O) groups excluding carboxylic acids is 3. The number of halogens is 1. The first-order chi connectivity index (χ1) is 19.1. The lowest BCUT2D eigenvalue weighted by atomic mass is 10.0. The maximum atomic E-state index is 14.0. The van der Waals surface area contributed by atoms with Crippen molar-refractivity contribution in [3.05, 3.63) is 101 Å². The van der Waals surface area contributed by atoms with Gasteiger partial charge in [0.05, 0.1) is 12.5 Å². The molecule has 0 bridgehead atoms. The molecule has 1 heterocycles. The van der Waals surface area contributed by atoms with Crippen LogP contribution in [0.4, 0.5) is 14.9 Å². The molecule has 4 rings (SSSR count). The Hall–Kier alpha value is -4.73. The molecule has 3 aromatic rings. The average Bonchev–Trinajstić information content (AvgIpc) is 2.92. The van der Waals surface area contributed by atoms with Gasteiger partial charge in [-0.15, -0.1) is 0 Å². The Labute approximate surface area is 231 Å². The molecule has 0 spiro atoms. The van der Waals surface area contributed by atoms with Gasteiger partial charge in [0.25, 0.3) is 11.8 Å². The molecule has 3 N–H and O–H groups in total. The number of aryl methyl sites for hydroxylation is 2. The number of carbonyl (C=O) groups is 4. The minimum Gasteiger partial charge on any atom is -0.481 e. The van der Waals surface area contributed by atoms with E-state index in [4.69, 9.17) is 0 Å². The fourth-order valence-corrected chi connectivity index (χ4v) is 4.71. The van der Waals surface area contributed by atoms with Crippen LogP contribution in [-0.4, -0.2) is 58.0 Å². The standard InChI is InChI=1S/C30H31FN4O5/c1-19-10-12-24(13-11-19)32-30(40)35-15-5-14-34(29(39)22-8-4-9-23(31)17-22)28(35)27(38)33-25(18-26(36)37)21-7-3-6-20(2)16-21/h3-4,6-13,16-17,25,28H,5,14-15,18H2,1-2H3,(H,32,40)(H,33,38)(H,36,37). The molecule has 4 amide bonds. The van der Waals surface area contributed by atoms with Crippen LogP contribution >= 0.6 is 0 Å². The molecule has 0 radical (unpaired) electrons. The lowest BCUT2D eigenvalue weighted by Gasteiger charge is -2.43. The highest BCUT2D eigenvalue weighted by Crippen LogP contribution is 2.24. The van der Waals surface area contributed by atoms with Gasteiger partial charge in [0.1, 0.15) is 5.82 Å². The highest BCUT2D eigenvalue weighted by molar-refractivity contribution is 6.00. The molecule has 3 aromatic carbocycles. The van der Waals surface area contributed by atoms with Crippen LogP contribution in [0.15, 0.2) is 72.8 Å². The Morgan fingerprint density at radius 2 is 1.62 bits per heavy atom. The van der Waals surface area contributed by atoms with Gasteiger partial charge in [0.2, 0.25) is 0 Å². The monoisotopic (exact) mass is 546 g/mol. The summed E-state index contributed by atoms with van der Waals surface area (Å²) in [6.45, 7) is 4.06. The number of amides is 4. The Morgan fingerprint density at radius 3 is 2.30 bits per heavy atom. The first-order valence-corrected chi connectivity index (χ1v) is 12.9. The zero-order valence-corrected chi connectivity index (χ0v) is 22.3. The smallest absolute Gasteiger partial charge is 0.323 e. The molecule has 0 aromatic heterocycles. The molecule has 9 nitrogen and oxygen atoms in total. The van der Waals surface area contributed by atoms with Crippen molar-refractivity contribution in [1.82, 2.24) is 15.1 Å². The minimum atomic E-state index is -1.41. The van der Waals surface area contributed by atoms with E-state index in [-0.39, 0.29) is 18.7 Å². The Kier molecular flexibility index (Phi) is 8.78. The van der Waals surface area contributed by atoms with Gasteiger partial charge in [0, 0.05) is 24.3 Å². The summed E-state index contributed by atoms with van der Waals surface area (Å²) in [7, 11) is 0. The fraction of sp³-hybridized carbons (Fsp3) is 0.267. The van der Waals surface area contributed by atoms with Crippen molar-refractivity contribution >= 4 is 29.5 Å².